The summed E-state index contributed by atoms with van der Waals surface area (Å²) in [5, 5.41) is 2.79. The summed E-state index contributed by atoms with van der Waals surface area (Å²) in [6.45, 7) is 1.11. The van der Waals surface area contributed by atoms with Crippen LogP contribution in [0.25, 0.3) is 10.4 Å². The highest BCUT2D eigenvalue weighted by molar-refractivity contribution is 7.90. The number of sulfonamides is 1. The molecular weight excluding hydrogens is 452 g/mol. The number of ether oxygens (including phenoxy) is 1. The average Bonchev–Trinajstić information content (AvgIpc) is 3.28. The fourth-order valence-electron chi connectivity index (χ4n) is 3.27. The van der Waals surface area contributed by atoms with Gasteiger partial charge in [0, 0.05) is 4.88 Å². The van der Waals surface area contributed by atoms with Crippen molar-refractivity contribution in [3.63, 3.8) is 0 Å². The Labute approximate surface area is 188 Å². The molecule has 0 radical (unpaired) electrons. The van der Waals surface area contributed by atoms with E-state index in [4.69, 9.17) is 4.74 Å². The van der Waals surface area contributed by atoms with Crippen molar-refractivity contribution >= 4 is 44.1 Å². The highest BCUT2D eigenvalue weighted by Crippen LogP contribution is 2.36. The zero-order chi connectivity index (χ0) is 22.9. The van der Waals surface area contributed by atoms with Crippen LogP contribution in [-0.4, -0.2) is 43.7 Å². The third-order valence-electron chi connectivity index (χ3n) is 4.74. The molecule has 2 amide bonds. The van der Waals surface area contributed by atoms with Crippen LogP contribution in [0.4, 0.5) is 5.00 Å². The molecular formula is C22H18N2O6S2. The van der Waals surface area contributed by atoms with Gasteiger partial charge in [-0.2, -0.15) is 0 Å². The van der Waals surface area contributed by atoms with E-state index < -0.39 is 34.4 Å². The smallest absolute Gasteiger partial charge is 0.341 e. The van der Waals surface area contributed by atoms with Gasteiger partial charge in [0.2, 0.25) is 5.91 Å². The fourth-order valence-corrected chi connectivity index (χ4v) is 5.87. The van der Waals surface area contributed by atoms with Gasteiger partial charge in [-0.1, -0.05) is 42.5 Å². The second kappa shape index (κ2) is 8.56. The standard InChI is InChI=1S/C22H18N2O6S2/c1-2-30-22(27)16-12-17(14-8-4-3-5-9-14)31-20(16)23-19(25)13-24-21(26)15-10-6-7-11-18(15)32(24,28)29/h3-12H,2,13H2,1H3,(H,23,25). The molecule has 2 heterocycles. The van der Waals surface area contributed by atoms with Gasteiger partial charge in [0.1, 0.15) is 16.4 Å². The molecule has 0 fully saturated rings. The summed E-state index contributed by atoms with van der Waals surface area (Å²) < 4.78 is 31.0. The van der Waals surface area contributed by atoms with Crippen molar-refractivity contribution in [3.8, 4) is 10.4 Å². The number of thiophene rings is 1. The molecule has 0 saturated heterocycles. The van der Waals surface area contributed by atoms with Crippen molar-refractivity contribution in [2.45, 2.75) is 11.8 Å². The molecule has 0 bridgehead atoms. The quantitative estimate of drug-likeness (QED) is 0.553. The number of rotatable bonds is 6. The number of carbonyl (C=O) groups is 3. The molecule has 8 nitrogen and oxygen atoms in total. The topological polar surface area (TPSA) is 110 Å². The summed E-state index contributed by atoms with van der Waals surface area (Å²) in [6, 6.07) is 16.7. The summed E-state index contributed by atoms with van der Waals surface area (Å²) in [4.78, 5) is 38.3. The SMILES string of the molecule is CCOC(=O)c1cc(-c2ccccc2)sc1NC(=O)CN1C(=O)c2ccccc2S1(=O)=O. The van der Waals surface area contributed by atoms with Gasteiger partial charge >= 0.3 is 5.97 Å². The van der Waals surface area contributed by atoms with Gasteiger partial charge in [0.15, 0.2) is 0 Å². The van der Waals surface area contributed by atoms with Crippen LogP contribution >= 0.6 is 11.3 Å². The normalized spacial score (nSPS) is 14.2. The van der Waals surface area contributed by atoms with Gasteiger partial charge in [-0.3, -0.25) is 9.59 Å². The van der Waals surface area contributed by atoms with E-state index in [2.05, 4.69) is 5.32 Å². The molecule has 0 unspecified atom stereocenters. The van der Waals surface area contributed by atoms with Crippen molar-refractivity contribution in [1.29, 1.82) is 0 Å². The summed E-state index contributed by atoms with van der Waals surface area (Å²) in [6.07, 6.45) is 0. The van der Waals surface area contributed by atoms with Gasteiger partial charge < -0.3 is 10.1 Å². The molecule has 32 heavy (non-hydrogen) atoms. The highest BCUT2D eigenvalue weighted by Gasteiger charge is 2.41. The summed E-state index contributed by atoms with van der Waals surface area (Å²) >= 11 is 1.16. The van der Waals surface area contributed by atoms with E-state index in [1.54, 1.807) is 19.1 Å². The lowest BCUT2D eigenvalue weighted by Gasteiger charge is -2.14. The molecule has 2 aromatic carbocycles. The van der Waals surface area contributed by atoms with E-state index in [1.807, 2.05) is 30.3 Å². The van der Waals surface area contributed by atoms with Crippen LogP contribution in [0.5, 0.6) is 0 Å². The number of amides is 2. The number of nitrogens with zero attached hydrogens (tertiary/aromatic N) is 1. The van der Waals surface area contributed by atoms with Crippen molar-refractivity contribution in [2.75, 3.05) is 18.5 Å². The molecule has 1 aliphatic heterocycles. The van der Waals surface area contributed by atoms with Crippen LogP contribution in [0.1, 0.15) is 27.6 Å². The number of esters is 1. The largest absolute Gasteiger partial charge is 0.462 e. The van der Waals surface area contributed by atoms with Crippen LogP contribution in [0.3, 0.4) is 0 Å². The molecule has 0 saturated carbocycles. The zero-order valence-corrected chi connectivity index (χ0v) is 18.5. The van der Waals surface area contributed by atoms with Gasteiger partial charge in [-0.05, 0) is 30.7 Å². The first-order chi connectivity index (χ1) is 15.3. The number of carbonyl (C=O) groups excluding carboxylic acids is 3. The van der Waals surface area contributed by atoms with Crippen LogP contribution in [-0.2, 0) is 19.6 Å². The Morgan fingerprint density at radius 3 is 2.44 bits per heavy atom. The molecule has 0 spiro atoms. The Kier molecular flexibility index (Phi) is 5.81. The molecule has 1 aliphatic rings. The Hall–Kier alpha value is -3.50. The molecule has 0 atom stereocenters. The van der Waals surface area contributed by atoms with Crippen LogP contribution in [0, 0.1) is 0 Å². The highest BCUT2D eigenvalue weighted by atomic mass is 32.2. The average molecular weight is 471 g/mol. The second-order valence-corrected chi connectivity index (χ2v) is 9.68. The number of hydrogen-bond donors (Lipinski definition) is 1. The lowest BCUT2D eigenvalue weighted by molar-refractivity contribution is -0.116. The number of nitrogens with one attached hydrogen (secondary N) is 1. The van der Waals surface area contributed by atoms with Crippen molar-refractivity contribution in [3.05, 3.63) is 71.8 Å². The van der Waals surface area contributed by atoms with E-state index in [1.165, 1.54) is 18.2 Å². The van der Waals surface area contributed by atoms with Crippen LogP contribution in [0.15, 0.2) is 65.6 Å². The van der Waals surface area contributed by atoms with Gasteiger partial charge in [-0.25, -0.2) is 17.5 Å². The van der Waals surface area contributed by atoms with E-state index in [9.17, 15) is 22.8 Å². The molecule has 1 N–H and O–H groups in total. The summed E-state index contributed by atoms with van der Waals surface area (Å²) in [7, 11) is -4.12. The number of fused-ring (bicyclic) bond motifs is 1. The lowest BCUT2D eigenvalue weighted by Crippen LogP contribution is -2.37. The van der Waals surface area contributed by atoms with Gasteiger partial charge in [0.25, 0.3) is 15.9 Å². The molecule has 1 aromatic heterocycles. The molecule has 164 valence electrons. The Balaban J connectivity index is 1.60. The number of benzene rings is 2. The lowest BCUT2D eigenvalue weighted by atomic mass is 10.1. The monoisotopic (exact) mass is 470 g/mol. The minimum Gasteiger partial charge on any atom is -0.462 e. The van der Waals surface area contributed by atoms with Crippen LogP contribution < -0.4 is 5.32 Å². The summed E-state index contributed by atoms with van der Waals surface area (Å²) in [5.74, 6) is -2.13. The van der Waals surface area contributed by atoms with Crippen molar-refractivity contribution in [2.24, 2.45) is 0 Å². The number of anilines is 1. The maximum absolute atomic E-state index is 12.7. The minimum absolute atomic E-state index is 0.0231. The van der Waals surface area contributed by atoms with Crippen LogP contribution in [0.2, 0.25) is 0 Å². The van der Waals surface area contributed by atoms with Gasteiger partial charge in [-0.15, -0.1) is 11.3 Å². The third kappa shape index (κ3) is 3.90. The predicted octanol–water partition coefficient (Wildman–Crippen LogP) is 3.38. The Morgan fingerprint density at radius 2 is 1.75 bits per heavy atom. The first-order valence-corrected chi connectivity index (χ1v) is 11.9. The maximum atomic E-state index is 12.7. The Morgan fingerprint density at radius 1 is 1.06 bits per heavy atom. The number of hydrogen-bond acceptors (Lipinski definition) is 7. The van der Waals surface area contributed by atoms with Crippen molar-refractivity contribution in [1.82, 2.24) is 4.31 Å². The maximum Gasteiger partial charge on any atom is 0.341 e. The Bertz CT molecular complexity index is 1320. The first kappa shape index (κ1) is 21.7. The molecule has 10 heteroatoms. The molecule has 3 aromatic rings. The predicted molar refractivity (Wildman–Crippen MR) is 119 cm³/mol. The third-order valence-corrected chi connectivity index (χ3v) is 7.62. The van der Waals surface area contributed by atoms with Crippen molar-refractivity contribution < 1.29 is 27.5 Å². The zero-order valence-electron chi connectivity index (χ0n) is 16.9. The summed E-state index contributed by atoms with van der Waals surface area (Å²) in [5.41, 5.74) is 1.02. The fraction of sp³-hybridized carbons (Fsp3) is 0.136. The molecule has 0 aliphatic carbocycles. The second-order valence-electron chi connectivity index (χ2n) is 6.80. The van der Waals surface area contributed by atoms with E-state index >= 15 is 0 Å². The first-order valence-electron chi connectivity index (χ1n) is 9.65. The van der Waals surface area contributed by atoms with E-state index in [-0.39, 0.29) is 27.6 Å². The van der Waals surface area contributed by atoms with Gasteiger partial charge in [0.05, 0.1) is 17.7 Å². The minimum atomic E-state index is -4.12. The van der Waals surface area contributed by atoms with E-state index in [0.29, 0.717) is 4.31 Å². The van der Waals surface area contributed by atoms with E-state index in [0.717, 1.165) is 21.8 Å². The molecule has 4 rings (SSSR count).